The molecule has 1 saturated carbocycles. The quantitative estimate of drug-likeness (QED) is 0.514. The summed E-state index contributed by atoms with van der Waals surface area (Å²) in [7, 11) is 0. The van der Waals surface area contributed by atoms with Crippen molar-refractivity contribution in [1.29, 1.82) is 0 Å². The van der Waals surface area contributed by atoms with Gasteiger partial charge in [0.25, 0.3) is 0 Å². The molecule has 0 aromatic heterocycles. The van der Waals surface area contributed by atoms with E-state index in [0.717, 1.165) is 5.92 Å². The van der Waals surface area contributed by atoms with E-state index in [1.165, 1.54) is 38.8 Å². The molecule has 2 rings (SSSR count). The van der Waals surface area contributed by atoms with E-state index in [4.69, 9.17) is 0 Å². The van der Waals surface area contributed by atoms with Gasteiger partial charge in [0.1, 0.15) is 0 Å². The summed E-state index contributed by atoms with van der Waals surface area (Å²) in [5.41, 5.74) is 0. The van der Waals surface area contributed by atoms with Gasteiger partial charge in [0, 0.05) is 6.54 Å². The first-order valence-corrected chi connectivity index (χ1v) is 3.99. The maximum Gasteiger partial charge on any atom is 0.00138 e. The molecule has 1 atom stereocenters. The van der Waals surface area contributed by atoms with Gasteiger partial charge in [-0.05, 0) is 37.6 Å². The van der Waals surface area contributed by atoms with Crippen molar-refractivity contribution in [3.05, 3.63) is 5.92 Å². The van der Waals surface area contributed by atoms with Crippen LogP contribution >= 0.6 is 0 Å². The fraction of sp³-hybridized carbons (Fsp3) is 0.875. The SMILES string of the molecule is C1C[C]2CNCC(C1)C2. The molecule has 0 amide bonds. The first kappa shape index (κ1) is 5.72. The van der Waals surface area contributed by atoms with Crippen LogP contribution in [0.3, 0.4) is 0 Å². The van der Waals surface area contributed by atoms with Crippen LogP contribution in [0.25, 0.3) is 0 Å². The molecule has 0 aromatic carbocycles. The Hall–Kier alpha value is -0.0400. The molecule has 1 heteroatoms. The topological polar surface area (TPSA) is 12.0 Å². The Kier molecular flexibility index (Phi) is 1.46. The molecule has 0 spiro atoms. The number of rotatable bonds is 0. The molecule has 1 N–H and O–H groups in total. The van der Waals surface area contributed by atoms with E-state index in [0.29, 0.717) is 0 Å². The smallest absolute Gasteiger partial charge is 0.00138 e. The number of hydrogen-bond acceptors (Lipinski definition) is 1. The third-order valence-corrected chi connectivity index (χ3v) is 2.53. The Morgan fingerprint density at radius 1 is 1.44 bits per heavy atom. The minimum Gasteiger partial charge on any atom is -0.316 e. The number of fused-ring (bicyclic) bond motifs is 2. The van der Waals surface area contributed by atoms with Crippen molar-refractivity contribution in [3.8, 4) is 0 Å². The summed E-state index contributed by atoms with van der Waals surface area (Å²) >= 11 is 0. The molecule has 1 nitrogen and oxygen atoms in total. The molecule has 51 valence electrons. The monoisotopic (exact) mass is 124 g/mol. The first-order chi connectivity index (χ1) is 4.45. The van der Waals surface area contributed by atoms with Crippen molar-refractivity contribution in [2.24, 2.45) is 5.92 Å². The van der Waals surface area contributed by atoms with Crippen molar-refractivity contribution >= 4 is 0 Å². The molecule has 2 fully saturated rings. The van der Waals surface area contributed by atoms with Gasteiger partial charge < -0.3 is 5.32 Å². The van der Waals surface area contributed by atoms with E-state index in [2.05, 4.69) is 5.32 Å². The number of piperidine rings is 1. The third kappa shape index (κ3) is 1.11. The standard InChI is InChI=1S/C8H14N/c1-2-7-4-8(3-1)6-9-5-7/h7,9H,1-6H2. The van der Waals surface area contributed by atoms with Crippen molar-refractivity contribution in [2.75, 3.05) is 13.1 Å². The van der Waals surface area contributed by atoms with Gasteiger partial charge in [0.15, 0.2) is 0 Å². The Morgan fingerprint density at radius 2 is 2.44 bits per heavy atom. The Morgan fingerprint density at radius 3 is 3.22 bits per heavy atom. The van der Waals surface area contributed by atoms with Crippen molar-refractivity contribution < 1.29 is 0 Å². The lowest BCUT2D eigenvalue weighted by atomic mass is 9.79. The molecule has 2 aliphatic rings. The molecule has 0 aromatic rings. The summed E-state index contributed by atoms with van der Waals surface area (Å²) in [6.45, 7) is 2.50. The maximum atomic E-state index is 3.45. The average Bonchev–Trinajstić information content (AvgIpc) is 1.88. The van der Waals surface area contributed by atoms with Gasteiger partial charge in [-0.25, -0.2) is 0 Å². The molecule has 1 radical (unpaired) electrons. The first-order valence-electron chi connectivity index (χ1n) is 3.99. The van der Waals surface area contributed by atoms with Crippen LogP contribution in [0.1, 0.15) is 25.7 Å². The third-order valence-electron chi connectivity index (χ3n) is 2.53. The second-order valence-electron chi connectivity index (χ2n) is 3.34. The van der Waals surface area contributed by atoms with Gasteiger partial charge in [-0.15, -0.1) is 0 Å². The lowest BCUT2D eigenvalue weighted by molar-refractivity contribution is 0.313. The van der Waals surface area contributed by atoms with E-state index in [9.17, 15) is 0 Å². The maximum absolute atomic E-state index is 3.45. The average molecular weight is 124 g/mol. The zero-order chi connectivity index (χ0) is 6.10. The Balaban J connectivity index is 1.96. The predicted octanol–water partition coefficient (Wildman–Crippen LogP) is 1.35. The van der Waals surface area contributed by atoms with Gasteiger partial charge in [-0.3, -0.25) is 0 Å². The molecule has 1 aliphatic heterocycles. The van der Waals surface area contributed by atoms with E-state index >= 15 is 0 Å². The summed E-state index contributed by atoms with van der Waals surface area (Å²) in [6.07, 6.45) is 5.77. The normalized spacial score (nSPS) is 36.7. The summed E-state index contributed by atoms with van der Waals surface area (Å²) in [4.78, 5) is 0. The predicted molar refractivity (Wildman–Crippen MR) is 38.1 cm³/mol. The highest BCUT2D eigenvalue weighted by Crippen LogP contribution is 2.32. The molecular formula is C8H14N. The van der Waals surface area contributed by atoms with Crippen LogP contribution in [-0.4, -0.2) is 13.1 Å². The Bertz CT molecular complexity index is 80.7. The highest BCUT2D eigenvalue weighted by molar-refractivity contribution is 5.01. The number of nitrogens with one attached hydrogen (secondary N) is 1. The largest absolute Gasteiger partial charge is 0.316 e. The molecule has 1 saturated heterocycles. The van der Waals surface area contributed by atoms with E-state index in [1.54, 1.807) is 5.92 Å². The minimum absolute atomic E-state index is 1.00. The van der Waals surface area contributed by atoms with Crippen molar-refractivity contribution in [1.82, 2.24) is 5.32 Å². The highest BCUT2D eigenvalue weighted by atomic mass is 14.9. The van der Waals surface area contributed by atoms with Crippen LogP contribution in [0, 0.1) is 11.8 Å². The molecule has 9 heavy (non-hydrogen) atoms. The van der Waals surface area contributed by atoms with Crippen molar-refractivity contribution in [3.63, 3.8) is 0 Å². The second-order valence-corrected chi connectivity index (χ2v) is 3.34. The van der Waals surface area contributed by atoms with Crippen LogP contribution in [0.2, 0.25) is 0 Å². The number of hydrogen-bond donors (Lipinski definition) is 1. The van der Waals surface area contributed by atoms with Crippen LogP contribution < -0.4 is 5.32 Å². The fourth-order valence-electron chi connectivity index (χ4n) is 2.04. The van der Waals surface area contributed by atoms with Gasteiger partial charge in [0.05, 0.1) is 0 Å². The lowest BCUT2D eigenvalue weighted by Gasteiger charge is -2.34. The van der Waals surface area contributed by atoms with Gasteiger partial charge >= 0.3 is 0 Å². The van der Waals surface area contributed by atoms with Crippen LogP contribution in [0.4, 0.5) is 0 Å². The minimum atomic E-state index is 1.00. The zero-order valence-corrected chi connectivity index (χ0v) is 5.82. The molecule has 1 heterocycles. The Labute approximate surface area is 56.8 Å². The summed E-state index contributed by atoms with van der Waals surface area (Å²) in [6, 6.07) is 0. The van der Waals surface area contributed by atoms with E-state index in [1.807, 2.05) is 0 Å². The molecule has 2 bridgehead atoms. The highest BCUT2D eigenvalue weighted by Gasteiger charge is 2.25. The van der Waals surface area contributed by atoms with E-state index < -0.39 is 0 Å². The summed E-state index contributed by atoms with van der Waals surface area (Å²) < 4.78 is 0. The van der Waals surface area contributed by atoms with Gasteiger partial charge in [0.2, 0.25) is 0 Å². The van der Waals surface area contributed by atoms with Crippen LogP contribution in [0.15, 0.2) is 0 Å². The zero-order valence-electron chi connectivity index (χ0n) is 5.82. The van der Waals surface area contributed by atoms with Crippen LogP contribution in [0.5, 0.6) is 0 Å². The summed E-state index contributed by atoms with van der Waals surface area (Å²) in [5.74, 6) is 2.78. The van der Waals surface area contributed by atoms with Crippen LogP contribution in [-0.2, 0) is 0 Å². The second kappa shape index (κ2) is 2.30. The summed E-state index contributed by atoms with van der Waals surface area (Å²) in [5, 5.41) is 3.45. The van der Waals surface area contributed by atoms with Gasteiger partial charge in [-0.1, -0.05) is 6.42 Å². The molecule has 1 aliphatic carbocycles. The lowest BCUT2D eigenvalue weighted by Crippen LogP contribution is -2.37. The fourth-order valence-corrected chi connectivity index (χ4v) is 2.04. The van der Waals surface area contributed by atoms with Gasteiger partial charge in [-0.2, -0.15) is 0 Å². The molecular weight excluding hydrogens is 110 g/mol. The van der Waals surface area contributed by atoms with E-state index in [-0.39, 0.29) is 0 Å². The molecule has 1 unspecified atom stereocenters. The van der Waals surface area contributed by atoms with Crippen molar-refractivity contribution in [2.45, 2.75) is 25.7 Å².